The quantitative estimate of drug-likeness (QED) is 0.793. The average Bonchev–Trinajstić information content (AvgIpc) is 2.98. The second kappa shape index (κ2) is 5.60. The van der Waals surface area contributed by atoms with Gasteiger partial charge in [-0.15, -0.1) is 11.3 Å². The first-order valence-electron chi connectivity index (χ1n) is 6.53. The van der Waals surface area contributed by atoms with Crippen LogP contribution in [0.15, 0.2) is 39.7 Å². The molecule has 104 valence electrons. The first-order valence-corrected chi connectivity index (χ1v) is 8.23. The molecule has 1 N–H and O–H groups in total. The molecule has 0 atom stereocenters. The molecule has 3 aromatic rings. The van der Waals surface area contributed by atoms with Crippen LogP contribution in [0, 0.1) is 13.8 Å². The average molecular weight is 303 g/mol. The van der Waals surface area contributed by atoms with Gasteiger partial charge in [0.15, 0.2) is 4.96 Å². The molecule has 0 aliphatic carbocycles. The highest BCUT2D eigenvalue weighted by Gasteiger charge is 2.14. The van der Waals surface area contributed by atoms with Crippen molar-refractivity contribution in [3.05, 3.63) is 46.6 Å². The van der Waals surface area contributed by atoms with Crippen LogP contribution in [0.2, 0.25) is 0 Å². The number of thiazole rings is 1. The number of hydrogen-bond donors (Lipinski definition) is 1. The smallest absolute Gasteiger partial charge is 0.194 e. The van der Waals surface area contributed by atoms with E-state index in [-0.39, 0.29) is 0 Å². The van der Waals surface area contributed by atoms with Crippen molar-refractivity contribution in [2.75, 3.05) is 7.05 Å². The third kappa shape index (κ3) is 2.49. The van der Waals surface area contributed by atoms with E-state index in [0.29, 0.717) is 0 Å². The van der Waals surface area contributed by atoms with Gasteiger partial charge in [0.05, 0.1) is 5.69 Å². The van der Waals surface area contributed by atoms with Crippen LogP contribution >= 0.6 is 23.1 Å². The van der Waals surface area contributed by atoms with E-state index in [1.54, 1.807) is 23.1 Å². The Morgan fingerprint density at radius 3 is 3.00 bits per heavy atom. The summed E-state index contributed by atoms with van der Waals surface area (Å²) in [6.45, 7) is 5.10. The van der Waals surface area contributed by atoms with Crippen molar-refractivity contribution in [2.24, 2.45) is 0 Å². The summed E-state index contributed by atoms with van der Waals surface area (Å²) >= 11 is 3.44. The predicted molar refractivity (Wildman–Crippen MR) is 85.9 cm³/mol. The molecule has 0 radical (unpaired) electrons. The van der Waals surface area contributed by atoms with E-state index >= 15 is 0 Å². The van der Waals surface area contributed by atoms with Gasteiger partial charge >= 0.3 is 0 Å². The number of aromatic nitrogens is 2. The maximum Gasteiger partial charge on any atom is 0.194 e. The molecule has 0 saturated heterocycles. The molecule has 3 nitrogen and oxygen atoms in total. The molecule has 0 spiro atoms. The lowest BCUT2D eigenvalue weighted by Crippen LogP contribution is -2.08. The van der Waals surface area contributed by atoms with E-state index in [1.807, 2.05) is 7.05 Å². The second-order valence-corrected chi connectivity index (χ2v) is 6.72. The van der Waals surface area contributed by atoms with E-state index in [4.69, 9.17) is 4.98 Å². The Balaban J connectivity index is 2.03. The van der Waals surface area contributed by atoms with Crippen LogP contribution in [0.25, 0.3) is 4.96 Å². The van der Waals surface area contributed by atoms with Crippen molar-refractivity contribution in [2.45, 2.75) is 30.3 Å². The molecule has 3 rings (SSSR count). The Kier molecular flexibility index (Phi) is 3.83. The molecule has 0 unspecified atom stereocenters. The van der Waals surface area contributed by atoms with Crippen LogP contribution in [-0.4, -0.2) is 16.4 Å². The lowest BCUT2D eigenvalue weighted by molar-refractivity contribution is 0.765. The molecule has 0 aliphatic rings. The van der Waals surface area contributed by atoms with Crippen LogP contribution in [0.5, 0.6) is 0 Å². The minimum absolute atomic E-state index is 0.825. The normalized spacial score (nSPS) is 11.3. The van der Waals surface area contributed by atoms with E-state index in [0.717, 1.165) is 16.5 Å². The van der Waals surface area contributed by atoms with Gasteiger partial charge in [0.2, 0.25) is 0 Å². The first kappa shape index (κ1) is 13.7. The number of hydrogen-bond acceptors (Lipinski definition) is 4. The lowest BCUT2D eigenvalue weighted by Gasteiger charge is -2.07. The largest absolute Gasteiger partial charge is 0.314 e. The molecule has 0 bridgehead atoms. The molecule has 2 heterocycles. The monoisotopic (exact) mass is 303 g/mol. The highest BCUT2D eigenvalue weighted by Crippen LogP contribution is 2.34. The maximum atomic E-state index is 4.76. The Morgan fingerprint density at radius 2 is 2.20 bits per heavy atom. The fourth-order valence-corrected chi connectivity index (χ4v) is 4.04. The summed E-state index contributed by atoms with van der Waals surface area (Å²) in [4.78, 5) is 7.11. The number of rotatable bonds is 4. The summed E-state index contributed by atoms with van der Waals surface area (Å²) in [7, 11) is 1.97. The highest BCUT2D eigenvalue weighted by molar-refractivity contribution is 7.99. The van der Waals surface area contributed by atoms with Crippen molar-refractivity contribution in [1.82, 2.24) is 14.7 Å². The van der Waals surface area contributed by atoms with E-state index in [1.165, 1.54) is 21.7 Å². The van der Waals surface area contributed by atoms with Gasteiger partial charge in [0.1, 0.15) is 5.03 Å². The van der Waals surface area contributed by atoms with E-state index < -0.39 is 0 Å². The number of imidazole rings is 1. The molecule has 5 heteroatoms. The van der Waals surface area contributed by atoms with Crippen molar-refractivity contribution in [3.63, 3.8) is 0 Å². The minimum Gasteiger partial charge on any atom is -0.314 e. The van der Waals surface area contributed by atoms with Crippen LogP contribution in [0.1, 0.15) is 16.8 Å². The summed E-state index contributed by atoms with van der Waals surface area (Å²) < 4.78 is 2.18. The maximum absolute atomic E-state index is 4.76. The molecule has 0 saturated carbocycles. The van der Waals surface area contributed by atoms with Gasteiger partial charge in [0.25, 0.3) is 0 Å². The summed E-state index contributed by atoms with van der Waals surface area (Å²) in [6.07, 6.45) is 2.09. The second-order valence-electron chi connectivity index (χ2n) is 4.82. The zero-order chi connectivity index (χ0) is 14.1. The molecular formula is C15H17N3S2. The summed E-state index contributed by atoms with van der Waals surface area (Å²) in [5, 5.41) is 6.41. The van der Waals surface area contributed by atoms with E-state index in [2.05, 4.69) is 53.3 Å². The van der Waals surface area contributed by atoms with Crippen molar-refractivity contribution < 1.29 is 0 Å². The number of nitrogens with zero attached hydrogens (tertiary/aromatic N) is 2. The SMILES string of the molecule is CNCc1c(Sc2cc(C)ccc2C)nc2sccn12. The first-order chi connectivity index (χ1) is 9.69. The molecule has 0 aliphatic heterocycles. The number of aryl methyl sites for hydroxylation is 2. The van der Waals surface area contributed by atoms with Crippen molar-refractivity contribution >= 4 is 28.1 Å². The van der Waals surface area contributed by atoms with Gasteiger partial charge in [-0.05, 0) is 38.1 Å². The third-order valence-corrected chi connectivity index (χ3v) is 5.16. The predicted octanol–water partition coefficient (Wildman–Crippen LogP) is 3.88. The van der Waals surface area contributed by atoms with Crippen LogP contribution in [-0.2, 0) is 6.54 Å². The Bertz CT molecular complexity index is 743. The third-order valence-electron chi connectivity index (χ3n) is 3.22. The Hall–Kier alpha value is -1.30. The van der Waals surface area contributed by atoms with Crippen molar-refractivity contribution in [3.8, 4) is 0 Å². The highest BCUT2D eigenvalue weighted by atomic mass is 32.2. The van der Waals surface area contributed by atoms with Crippen molar-refractivity contribution in [1.29, 1.82) is 0 Å². The molecule has 20 heavy (non-hydrogen) atoms. The number of fused-ring (bicyclic) bond motifs is 1. The summed E-state index contributed by atoms with van der Waals surface area (Å²) in [5.41, 5.74) is 3.82. The van der Waals surface area contributed by atoms with Crippen LogP contribution in [0.4, 0.5) is 0 Å². The molecule has 1 aromatic carbocycles. The van der Waals surface area contributed by atoms with Gasteiger partial charge in [0, 0.05) is 23.0 Å². The Morgan fingerprint density at radius 1 is 1.35 bits per heavy atom. The van der Waals surface area contributed by atoms with Gasteiger partial charge < -0.3 is 5.32 Å². The summed E-state index contributed by atoms with van der Waals surface area (Å²) in [5.74, 6) is 0. The van der Waals surface area contributed by atoms with Gasteiger partial charge in [-0.25, -0.2) is 4.98 Å². The zero-order valence-corrected chi connectivity index (χ0v) is 13.4. The molecule has 0 amide bonds. The van der Waals surface area contributed by atoms with Crippen LogP contribution < -0.4 is 5.32 Å². The molecule has 0 fully saturated rings. The molecular weight excluding hydrogens is 286 g/mol. The zero-order valence-electron chi connectivity index (χ0n) is 11.8. The van der Waals surface area contributed by atoms with Gasteiger partial charge in [-0.3, -0.25) is 4.40 Å². The van der Waals surface area contributed by atoms with Gasteiger partial charge in [-0.1, -0.05) is 23.9 Å². The number of nitrogens with one attached hydrogen (secondary N) is 1. The molecule has 2 aromatic heterocycles. The van der Waals surface area contributed by atoms with Crippen LogP contribution in [0.3, 0.4) is 0 Å². The topological polar surface area (TPSA) is 29.3 Å². The summed E-state index contributed by atoms with van der Waals surface area (Å²) in [6, 6.07) is 6.56. The Labute approximate surface area is 127 Å². The van der Waals surface area contributed by atoms with E-state index in [9.17, 15) is 0 Å². The van der Waals surface area contributed by atoms with Gasteiger partial charge in [-0.2, -0.15) is 0 Å². The number of benzene rings is 1. The fraction of sp³-hybridized carbons (Fsp3) is 0.267. The standard InChI is InChI=1S/C15H17N3S2/c1-10-4-5-11(2)13(8-10)20-14-12(9-16-3)18-6-7-19-15(18)17-14/h4-8,16H,9H2,1-3H3. The minimum atomic E-state index is 0.825. The fourth-order valence-electron chi connectivity index (χ4n) is 2.14. The lowest BCUT2D eigenvalue weighted by atomic mass is 10.2.